The summed E-state index contributed by atoms with van der Waals surface area (Å²) in [5.74, 6) is 3.58. The number of ether oxygens (including phenoxy) is 3. The molecule has 0 bridgehead atoms. The van der Waals surface area contributed by atoms with Crippen LogP contribution in [0, 0.1) is 24.7 Å². The Kier molecular flexibility index (Phi) is 22.4. The zero-order valence-corrected chi connectivity index (χ0v) is 31.5. The molecule has 250 valence electrons. The zero-order chi connectivity index (χ0) is 32.3. The number of hydrogen-bond donors (Lipinski definition) is 0. The van der Waals surface area contributed by atoms with Crippen LogP contribution in [0.2, 0.25) is 5.02 Å². The first-order valence-corrected chi connectivity index (χ1v) is 18.8. The van der Waals surface area contributed by atoms with Gasteiger partial charge in [0.2, 0.25) is 0 Å². The molecule has 4 unspecified atom stereocenters. The van der Waals surface area contributed by atoms with Crippen molar-refractivity contribution in [2.45, 2.75) is 126 Å². The van der Waals surface area contributed by atoms with E-state index in [9.17, 15) is 4.79 Å². The molecular formula is C38H61ClLiO4P. The van der Waals surface area contributed by atoms with Crippen LogP contribution in [-0.4, -0.2) is 25.3 Å². The molecule has 2 aromatic carbocycles. The molecule has 0 saturated carbocycles. The number of halogens is 1. The maximum Gasteiger partial charge on any atom is 1.00 e. The third-order valence-electron chi connectivity index (χ3n) is 8.79. The molecule has 0 amide bonds. The zero-order valence-electron chi connectivity index (χ0n) is 30.7. The van der Waals surface area contributed by atoms with Crippen molar-refractivity contribution < 1.29 is 39.3 Å². The van der Waals surface area contributed by atoms with Crippen molar-refractivity contribution in [3.05, 3.63) is 46.5 Å². The molecule has 0 radical (unpaired) electrons. The predicted octanol–water partition coefficient (Wildman–Crippen LogP) is 8.69. The van der Waals surface area contributed by atoms with Crippen molar-refractivity contribution in [1.82, 2.24) is 0 Å². The second kappa shape index (κ2) is 24.0. The van der Waals surface area contributed by atoms with E-state index < -0.39 is 0 Å². The van der Waals surface area contributed by atoms with Crippen LogP contribution in [0.15, 0.2) is 30.3 Å². The summed E-state index contributed by atoms with van der Waals surface area (Å²) < 4.78 is 19.7. The molecule has 0 aliphatic carbocycles. The van der Waals surface area contributed by atoms with Gasteiger partial charge in [-0.15, -0.1) is 0 Å². The predicted molar refractivity (Wildman–Crippen MR) is 192 cm³/mol. The maximum atomic E-state index is 13.9. The fourth-order valence-electron chi connectivity index (χ4n) is 5.42. The first-order valence-electron chi connectivity index (χ1n) is 17.4. The number of benzene rings is 2. The Balaban J connectivity index is 0.0000101. The number of unbranched alkanes of at least 4 members (excludes halogenated alkanes) is 3. The van der Waals surface area contributed by atoms with Gasteiger partial charge in [0.25, 0.3) is 0 Å². The minimum Gasteiger partial charge on any atom is -1.00 e. The van der Waals surface area contributed by atoms with E-state index in [-0.39, 0.29) is 34.4 Å². The van der Waals surface area contributed by atoms with Crippen molar-refractivity contribution in [1.29, 1.82) is 0 Å². The Hall–Kier alpha value is -1.17. The molecule has 0 aromatic heterocycles. The fraction of sp³-hybridized carbons (Fsp3) is 0.658. The van der Waals surface area contributed by atoms with E-state index in [0.717, 1.165) is 55.1 Å². The quantitative estimate of drug-likeness (QED) is 0.0839. The summed E-state index contributed by atoms with van der Waals surface area (Å²) >= 11 is 6.56. The third-order valence-corrected chi connectivity index (χ3v) is 10.3. The molecule has 0 spiro atoms. The second-order valence-corrected chi connectivity index (χ2v) is 14.0. The molecule has 0 saturated heterocycles. The topological polar surface area (TPSA) is 44.8 Å². The van der Waals surface area contributed by atoms with Gasteiger partial charge in [-0.1, -0.05) is 123 Å². The van der Waals surface area contributed by atoms with Crippen LogP contribution in [0.3, 0.4) is 0 Å². The monoisotopic (exact) mass is 654 g/mol. The summed E-state index contributed by atoms with van der Waals surface area (Å²) in [5, 5.41) is 1.30. The van der Waals surface area contributed by atoms with Crippen LogP contribution in [0.1, 0.15) is 136 Å². The van der Waals surface area contributed by atoms with Gasteiger partial charge >= 0.3 is 18.9 Å². The van der Waals surface area contributed by atoms with E-state index in [4.69, 9.17) is 25.8 Å². The summed E-state index contributed by atoms with van der Waals surface area (Å²) in [6, 6.07) is 9.61. The molecule has 0 aliphatic rings. The van der Waals surface area contributed by atoms with Crippen LogP contribution >= 0.6 is 20.2 Å². The molecule has 2 aromatic rings. The van der Waals surface area contributed by atoms with Gasteiger partial charge in [0.05, 0.1) is 30.1 Å². The van der Waals surface area contributed by atoms with Gasteiger partial charge in [-0.25, -0.2) is 0 Å². The van der Waals surface area contributed by atoms with Gasteiger partial charge in [0.1, 0.15) is 17.2 Å². The fourth-order valence-corrected chi connectivity index (χ4v) is 7.03. The van der Waals surface area contributed by atoms with Crippen molar-refractivity contribution in [3.63, 3.8) is 0 Å². The van der Waals surface area contributed by atoms with Crippen molar-refractivity contribution in [3.8, 4) is 17.2 Å². The van der Waals surface area contributed by atoms with Gasteiger partial charge in [-0.3, -0.25) is 4.79 Å². The molecule has 4 atom stereocenters. The summed E-state index contributed by atoms with van der Waals surface area (Å²) in [7, 11) is -0.179. The molecule has 0 N–H and O–H groups in total. The van der Waals surface area contributed by atoms with E-state index in [1.807, 2.05) is 31.2 Å². The van der Waals surface area contributed by atoms with Crippen LogP contribution in [0.4, 0.5) is 0 Å². The first kappa shape index (κ1) is 41.9. The van der Waals surface area contributed by atoms with E-state index in [1.165, 1.54) is 38.5 Å². The molecule has 4 nitrogen and oxygen atoms in total. The van der Waals surface area contributed by atoms with Crippen LogP contribution in [-0.2, 0) is 0 Å². The second-order valence-electron chi connectivity index (χ2n) is 12.4. The minimum atomic E-state index is -0.179. The smallest absolute Gasteiger partial charge is 1.00 e. The number of carbonyl (C=O) groups is 1. The Morgan fingerprint density at radius 3 is 1.60 bits per heavy atom. The Bertz CT molecular complexity index is 1060. The van der Waals surface area contributed by atoms with Gasteiger partial charge in [-0.2, -0.15) is 0 Å². The molecule has 2 rings (SSSR count). The summed E-state index contributed by atoms with van der Waals surface area (Å²) in [6.07, 6.45) is 13.7. The van der Waals surface area contributed by atoms with Crippen LogP contribution in [0.5, 0.6) is 17.2 Å². The first-order chi connectivity index (χ1) is 21.3. The average Bonchev–Trinajstić information content (AvgIpc) is 3.02. The largest absolute Gasteiger partial charge is 1.00 e. The van der Waals surface area contributed by atoms with E-state index >= 15 is 0 Å². The normalized spacial score (nSPS) is 13.3. The third kappa shape index (κ3) is 14.6. The van der Waals surface area contributed by atoms with E-state index in [2.05, 4.69) is 41.5 Å². The van der Waals surface area contributed by atoms with Crippen LogP contribution in [0.25, 0.3) is 0 Å². The van der Waals surface area contributed by atoms with Gasteiger partial charge in [0.15, 0.2) is 5.52 Å². The number of carbonyl (C=O) groups excluding carboxylic acids is 1. The van der Waals surface area contributed by atoms with Gasteiger partial charge < -0.3 is 15.6 Å². The standard InChI is InChI=1S/C38H60ClO4P.Li.H/c1-8-14-19-29(11-4)25-41-32-23-34(42-26-30(12-5)20-15-9-2)37(35(24-32)43-27-31(13-6)21-16-10-3)44-38(40)36-28(7)18-17-22-33(36)39;;/h17-18,22-24,29-31,44H,8-16,19-21,25-27H2,1-7H3;;/q;+1;-1. The van der Waals surface area contributed by atoms with Crippen molar-refractivity contribution in [2.24, 2.45) is 17.8 Å². The van der Waals surface area contributed by atoms with Crippen molar-refractivity contribution >= 4 is 31.0 Å². The summed E-state index contributed by atoms with van der Waals surface area (Å²) in [6.45, 7) is 17.2. The minimum absolute atomic E-state index is 0. The molecule has 0 aliphatic heterocycles. The molecule has 0 fully saturated rings. The SMILES string of the molecule is CCCCC(CC)COc1cc(OCC(CC)CCCC)c(PC(=O)c2c(C)cccc2Cl)c(OCC(CC)CCCC)c1.[H-].[Li+]. The Labute approximate surface area is 295 Å². The average molecular weight is 655 g/mol. The molecule has 7 heteroatoms. The van der Waals surface area contributed by atoms with E-state index in [0.29, 0.717) is 59.7 Å². The van der Waals surface area contributed by atoms with Crippen molar-refractivity contribution in [2.75, 3.05) is 19.8 Å². The number of aryl methyl sites for hydroxylation is 1. The number of rotatable bonds is 24. The molecular weight excluding hydrogens is 594 g/mol. The maximum absolute atomic E-state index is 13.9. The Morgan fingerprint density at radius 1 is 0.756 bits per heavy atom. The van der Waals surface area contributed by atoms with Gasteiger partial charge in [-0.05, 0) is 64.2 Å². The van der Waals surface area contributed by atoms with Crippen LogP contribution < -0.4 is 38.4 Å². The molecule has 45 heavy (non-hydrogen) atoms. The summed E-state index contributed by atoms with van der Waals surface area (Å²) in [5.41, 5.74) is 1.46. The van der Waals surface area contributed by atoms with Gasteiger partial charge in [0, 0.05) is 17.7 Å². The van der Waals surface area contributed by atoms with E-state index in [1.54, 1.807) is 6.07 Å². The summed E-state index contributed by atoms with van der Waals surface area (Å²) in [4.78, 5) is 13.9. The Morgan fingerprint density at radius 2 is 1.20 bits per heavy atom. The molecule has 0 heterocycles. The number of hydrogen-bond acceptors (Lipinski definition) is 4.